The van der Waals surface area contributed by atoms with Crippen LogP contribution in [0, 0.1) is 68.9 Å². The molecule has 5 saturated carbocycles. The van der Waals surface area contributed by atoms with E-state index in [2.05, 4.69) is 55.3 Å². The number of carbonyl (C=O) groups excluding carboxylic acids is 4. The molecule has 0 unspecified atom stereocenters. The van der Waals surface area contributed by atoms with Gasteiger partial charge >= 0.3 is 0 Å². The van der Waals surface area contributed by atoms with Crippen molar-refractivity contribution in [3.05, 3.63) is 211 Å². The number of aryl methyl sites for hydroxylation is 4. The van der Waals surface area contributed by atoms with Gasteiger partial charge in [0.2, 0.25) is 0 Å². The lowest BCUT2D eigenvalue weighted by atomic mass is 9.84. The molecular formula is C115H143F2N15O7. The van der Waals surface area contributed by atoms with Gasteiger partial charge in [0, 0.05) is 142 Å². The van der Waals surface area contributed by atoms with Gasteiger partial charge in [-0.3, -0.25) is 44.1 Å². The van der Waals surface area contributed by atoms with Gasteiger partial charge in [-0.1, -0.05) is 120 Å². The van der Waals surface area contributed by atoms with Crippen molar-refractivity contribution in [1.29, 1.82) is 0 Å². The second-order valence-electron chi connectivity index (χ2n) is 40.6. The van der Waals surface area contributed by atoms with Crippen molar-refractivity contribution in [2.24, 2.45) is 54.6 Å². The molecule has 0 radical (unpaired) electrons. The summed E-state index contributed by atoms with van der Waals surface area (Å²) in [5, 5.41) is 12.1. The first-order valence-corrected chi connectivity index (χ1v) is 50.4. The summed E-state index contributed by atoms with van der Waals surface area (Å²) in [5.41, 5.74) is 37.1. The molecule has 0 atom stereocenters. The Morgan fingerprint density at radius 3 is 0.942 bits per heavy atom. The van der Waals surface area contributed by atoms with Crippen molar-refractivity contribution >= 4 is 137 Å². The van der Waals surface area contributed by atoms with Crippen LogP contribution in [0.3, 0.4) is 0 Å². The number of nitrogens with two attached hydrogens (primary N) is 1. The van der Waals surface area contributed by atoms with Crippen molar-refractivity contribution in [2.45, 2.75) is 220 Å². The minimum atomic E-state index is -1.13. The molecule has 5 heterocycles. The Kier molecular flexibility index (Phi) is 32.9. The maximum Gasteiger partial charge on any atom is 0.263 e. The normalized spacial score (nSPS) is 16.5. The number of anilines is 10. The van der Waals surface area contributed by atoms with E-state index in [9.17, 15) is 28.0 Å². The van der Waals surface area contributed by atoms with Crippen molar-refractivity contribution in [2.75, 3.05) is 143 Å². The lowest BCUT2D eigenvalue weighted by Crippen LogP contribution is -2.19. The molecule has 9 aromatic carbocycles. The third-order valence-electron chi connectivity index (χ3n) is 29.2. The van der Waals surface area contributed by atoms with Gasteiger partial charge < -0.3 is 65.7 Å². The number of aliphatic imine (C=N–C) groups is 5. The first-order chi connectivity index (χ1) is 66.8. The highest BCUT2D eigenvalue weighted by atomic mass is 19.2. The maximum absolute atomic E-state index is 14.3. The highest BCUT2D eigenvalue weighted by molar-refractivity contribution is 6.13. The first kappa shape index (κ1) is 101. The summed E-state index contributed by atoms with van der Waals surface area (Å²) in [6.07, 6.45) is 37.0. The van der Waals surface area contributed by atoms with E-state index < -0.39 is 17.5 Å². The lowest BCUT2D eigenvalue weighted by Gasteiger charge is -2.21. The lowest BCUT2D eigenvalue weighted by molar-refractivity contribution is 0.101. The van der Waals surface area contributed by atoms with Gasteiger partial charge in [-0.05, 0) is 275 Å². The fourth-order valence-corrected chi connectivity index (χ4v) is 21.5. The second-order valence-corrected chi connectivity index (χ2v) is 40.6. The number of methoxy groups -OCH3 is 3. The van der Waals surface area contributed by atoms with Crippen LogP contribution >= 0.6 is 0 Å². The largest absolute Gasteiger partial charge is 0.497 e. The predicted molar refractivity (Wildman–Crippen MR) is 571 cm³/mol. The Morgan fingerprint density at radius 1 is 0.317 bits per heavy atom. The average Bonchev–Trinajstić information content (AvgIpc) is 1.50. The predicted octanol–water partition coefficient (Wildman–Crippen LogP) is 25.9. The molecule has 139 heavy (non-hydrogen) atoms. The Balaban J connectivity index is 0.000000133. The number of hydrogen-bond acceptors (Lipinski definition) is 18. The summed E-state index contributed by atoms with van der Waals surface area (Å²) in [5.74, 6) is 1.47. The van der Waals surface area contributed by atoms with Gasteiger partial charge in [0.15, 0.2) is 11.6 Å². The number of nitrogens with one attached hydrogen (secondary N) is 4. The number of halogens is 2. The number of fused-ring (bicyclic) bond motifs is 5. The second kappa shape index (κ2) is 45.5. The topological polar surface area (TPSA) is 248 Å². The standard InChI is InChI=1S/C26H33N3O3.C25H31N3O2.C24H27F2N3O.C24H29N3O.C16H23N3/c1-16-11-23(31-4)25(24(12-16)32-5)26(30)28-21-15-20-18(14-22(21)29(2)3)13-19(27-20)17-9-7-6-8-10-17;1-16-10-19(12-20(11-16)30-4)25(29)27-23-15-22-18(14-24(23)28(2)3)13-21(26-22)17-8-6-5-7-9-17;1-14-9-10-17(23(26)22(14)25)24(30)28-20-13-19-16(12-21(20)29(2)3)11-18(27-19)15-7-5-4-6-8-15;1-16-9-11-18(12-10-16)24(28)26-22-15-21-19(14-23(22)27(2)3)13-20(25-21)17-7-5-4-6-8-17;1-19(2)16-9-12-8-14(11-6-4-3-5-7-11)18-15(12)10-13(16)17/h11-12,14-15,17H,6-10,13H2,1-5H3,(H,28,30);10-12,14-15,17H,5-9,13H2,1-4H3,(H,27,29);9-10,12-13,15H,4-8,11H2,1-3H3,(H,28,30);9-12,14-15,17H,4-8,13H2,1-3H3,(H,26,28);9-11H,3-8,17H2,1-2H3. The summed E-state index contributed by atoms with van der Waals surface area (Å²) in [4.78, 5) is 86.6. The number of rotatable bonds is 21. The third-order valence-corrected chi connectivity index (χ3v) is 29.2. The number of ether oxygens (including phenoxy) is 3. The Morgan fingerprint density at radius 2 is 0.619 bits per heavy atom. The molecule has 5 aliphatic carbocycles. The van der Waals surface area contributed by atoms with E-state index in [1.165, 1.54) is 230 Å². The van der Waals surface area contributed by atoms with Crippen LogP contribution in [0.1, 0.15) is 252 Å². The van der Waals surface area contributed by atoms with E-state index in [4.69, 9.17) is 44.9 Å². The summed E-state index contributed by atoms with van der Waals surface area (Å²) >= 11 is 0. The number of nitrogen functional groups attached to an aromatic ring is 1. The Labute approximate surface area is 821 Å². The smallest absolute Gasteiger partial charge is 0.263 e. The molecule has 5 aliphatic heterocycles. The van der Waals surface area contributed by atoms with Crippen LogP contribution in [0.25, 0.3) is 0 Å². The molecule has 5 fully saturated rings. The van der Waals surface area contributed by atoms with E-state index in [1.807, 2.05) is 191 Å². The van der Waals surface area contributed by atoms with Crippen LogP contribution < -0.4 is 65.7 Å². The molecule has 0 saturated heterocycles. The molecule has 19 rings (SSSR count). The molecule has 22 nitrogen and oxygen atoms in total. The Bertz CT molecular complexity index is 6170. The minimum Gasteiger partial charge on any atom is -0.497 e. The van der Waals surface area contributed by atoms with Crippen LogP contribution in [0.4, 0.5) is 94.1 Å². The van der Waals surface area contributed by atoms with Crippen LogP contribution in [0.2, 0.25) is 0 Å². The van der Waals surface area contributed by atoms with Gasteiger partial charge in [0.25, 0.3) is 23.6 Å². The molecule has 4 amide bonds. The fourth-order valence-electron chi connectivity index (χ4n) is 21.5. The number of carbonyl (C=O) groups is 4. The third kappa shape index (κ3) is 24.2. The van der Waals surface area contributed by atoms with E-state index in [1.54, 1.807) is 27.4 Å². The zero-order valence-electron chi connectivity index (χ0n) is 84.9. The molecule has 0 spiro atoms. The number of nitrogens with zero attached hydrogens (tertiary/aromatic N) is 10. The van der Waals surface area contributed by atoms with Gasteiger partial charge in [-0.25, -0.2) is 8.78 Å². The van der Waals surface area contributed by atoms with Crippen LogP contribution in [-0.4, -0.2) is 144 Å². The molecule has 734 valence electrons. The number of hydrogen-bond donors (Lipinski definition) is 5. The van der Waals surface area contributed by atoms with E-state index in [0.717, 1.165) is 134 Å². The highest BCUT2D eigenvalue weighted by Gasteiger charge is 2.34. The molecule has 6 N–H and O–H groups in total. The van der Waals surface area contributed by atoms with Crippen LogP contribution in [0.15, 0.2) is 152 Å². The molecule has 24 heteroatoms. The minimum absolute atomic E-state index is 0.0856. The number of benzene rings is 9. The molecule has 9 aromatic rings. The van der Waals surface area contributed by atoms with Crippen molar-refractivity contribution in [3.63, 3.8) is 0 Å². The van der Waals surface area contributed by atoms with Crippen molar-refractivity contribution in [3.8, 4) is 17.2 Å². The molecule has 0 bridgehead atoms. The molecular weight excluding hydrogens is 1740 g/mol. The van der Waals surface area contributed by atoms with E-state index in [-0.39, 0.29) is 28.8 Å². The number of amides is 4. The molecule has 10 aliphatic rings. The quantitative estimate of drug-likeness (QED) is 0.0421. The van der Waals surface area contributed by atoms with Gasteiger partial charge in [0.05, 0.1) is 112 Å². The molecule has 0 aromatic heterocycles. The Hall–Kier alpha value is -12.7. The van der Waals surface area contributed by atoms with Gasteiger partial charge in [-0.2, -0.15) is 0 Å². The average molecular weight is 1890 g/mol. The zero-order valence-corrected chi connectivity index (χ0v) is 84.9. The SMILES string of the molecule is CN(C)c1cc2c(cc1N)N=C(C1CCCCC1)C2.COc1cc(C)cc(C(=O)Nc2cc3c(cc2N(C)C)CC(C2CCCCC2)=N3)c1.COc1cc(C)cc(OC)c1C(=O)Nc1cc2c(cc1N(C)C)CC(C1CCCCC1)=N2.Cc1ccc(C(=O)Nc2cc3c(cc2N(C)C)CC(C2CCCCC2)=N3)c(F)c1F.Cc1ccc(C(=O)Nc2cc3c(cc2N(C)C)CC(C2CCCCC2)=N3)cc1. The monoisotopic (exact) mass is 1880 g/mol. The first-order valence-electron chi connectivity index (χ1n) is 50.4. The summed E-state index contributed by atoms with van der Waals surface area (Å²) in [6.45, 7) is 7.39. The highest BCUT2D eigenvalue weighted by Crippen LogP contribution is 2.48. The van der Waals surface area contributed by atoms with Gasteiger partial charge in [0.1, 0.15) is 22.8 Å². The summed E-state index contributed by atoms with van der Waals surface area (Å²) in [6, 6.07) is 40.4. The van der Waals surface area contributed by atoms with Crippen molar-refractivity contribution < 1.29 is 42.2 Å². The van der Waals surface area contributed by atoms with Crippen molar-refractivity contribution in [1.82, 2.24) is 0 Å². The maximum atomic E-state index is 14.3. The fraction of sp³-hybridized carbons (Fsp3) is 0.452. The zero-order chi connectivity index (χ0) is 98.6. The van der Waals surface area contributed by atoms with E-state index >= 15 is 0 Å². The summed E-state index contributed by atoms with van der Waals surface area (Å²) < 4.78 is 44.5. The van der Waals surface area contributed by atoms with Crippen LogP contribution in [0.5, 0.6) is 17.2 Å². The summed E-state index contributed by atoms with van der Waals surface area (Å²) in [7, 11) is 24.6. The van der Waals surface area contributed by atoms with E-state index in [0.29, 0.717) is 69.2 Å². The van der Waals surface area contributed by atoms with Gasteiger partial charge in [-0.15, -0.1) is 0 Å². The van der Waals surface area contributed by atoms with Crippen LogP contribution in [-0.2, 0) is 32.1 Å².